The molecule has 3 aromatic carbocycles. The molecule has 148 valence electrons. The van der Waals surface area contributed by atoms with Gasteiger partial charge >= 0.3 is 0 Å². The first-order valence-corrected chi connectivity index (χ1v) is 10.5. The summed E-state index contributed by atoms with van der Waals surface area (Å²) in [5.41, 5.74) is 2.99. The van der Waals surface area contributed by atoms with Crippen LogP contribution in [0.2, 0.25) is 5.02 Å². The number of hydrogen-bond acceptors (Lipinski definition) is 2. The normalized spacial score (nSPS) is 15.4. The zero-order valence-electron chi connectivity index (χ0n) is 16.3. The molecule has 1 aliphatic rings. The quantitative estimate of drug-likeness (QED) is 0.598. The topological polar surface area (TPSA) is 32.3 Å². The summed E-state index contributed by atoms with van der Waals surface area (Å²) in [4.78, 5) is 15.9. The molecule has 1 N–H and O–H groups in total. The molecule has 0 unspecified atom stereocenters. The van der Waals surface area contributed by atoms with Gasteiger partial charge in [-0.2, -0.15) is 0 Å². The Kier molecular flexibility index (Phi) is 6.28. The Morgan fingerprint density at radius 2 is 1.31 bits per heavy atom. The van der Waals surface area contributed by atoms with E-state index < -0.39 is 0 Å². The molecule has 4 heteroatoms. The maximum Gasteiger partial charge on any atom is 0.242 e. The molecule has 0 bridgehead atoms. The van der Waals surface area contributed by atoms with Gasteiger partial charge in [0, 0.05) is 5.02 Å². The third kappa shape index (κ3) is 4.52. The fourth-order valence-electron chi connectivity index (χ4n) is 4.07. The summed E-state index contributed by atoms with van der Waals surface area (Å²) in [5, 5.41) is 3.95. The SMILES string of the molecule is O=C(NC(c1ccccc1)c1ccccc1)[C@@H](c1ccccc1Cl)N1CCCC1. The van der Waals surface area contributed by atoms with Crippen LogP contribution < -0.4 is 5.32 Å². The molecule has 0 aromatic heterocycles. The van der Waals surface area contributed by atoms with Crippen LogP contribution in [0.4, 0.5) is 0 Å². The Morgan fingerprint density at radius 3 is 1.86 bits per heavy atom. The summed E-state index contributed by atoms with van der Waals surface area (Å²) in [5.74, 6) is -0.0160. The number of amides is 1. The molecule has 1 saturated heterocycles. The Labute approximate surface area is 177 Å². The molecule has 4 rings (SSSR count). The van der Waals surface area contributed by atoms with Gasteiger partial charge in [0.1, 0.15) is 6.04 Å². The lowest BCUT2D eigenvalue weighted by Crippen LogP contribution is -2.41. The minimum atomic E-state index is -0.388. The molecular formula is C25H25ClN2O. The second-order valence-corrected chi connectivity index (χ2v) is 7.84. The first-order chi connectivity index (χ1) is 14.2. The zero-order valence-corrected chi connectivity index (χ0v) is 17.1. The molecule has 3 nitrogen and oxygen atoms in total. The molecule has 0 spiro atoms. The van der Waals surface area contributed by atoms with Crippen molar-refractivity contribution in [1.82, 2.24) is 10.2 Å². The van der Waals surface area contributed by atoms with Crippen molar-refractivity contribution in [2.24, 2.45) is 0 Å². The molecule has 29 heavy (non-hydrogen) atoms. The van der Waals surface area contributed by atoms with Crippen molar-refractivity contribution >= 4 is 17.5 Å². The predicted molar refractivity (Wildman–Crippen MR) is 118 cm³/mol. The summed E-state index contributed by atoms with van der Waals surface area (Å²) in [6.07, 6.45) is 2.21. The maximum absolute atomic E-state index is 13.6. The van der Waals surface area contributed by atoms with E-state index in [1.807, 2.05) is 60.7 Å². The third-order valence-electron chi connectivity index (χ3n) is 5.51. The first-order valence-electron chi connectivity index (χ1n) is 10.1. The van der Waals surface area contributed by atoms with E-state index in [4.69, 9.17) is 11.6 Å². The molecule has 1 aliphatic heterocycles. The maximum atomic E-state index is 13.6. The van der Waals surface area contributed by atoms with Gasteiger partial charge in [0.15, 0.2) is 0 Å². The van der Waals surface area contributed by atoms with E-state index in [1.54, 1.807) is 0 Å². The number of nitrogens with zero attached hydrogens (tertiary/aromatic N) is 1. The second-order valence-electron chi connectivity index (χ2n) is 7.43. The summed E-state index contributed by atoms with van der Waals surface area (Å²) in [7, 11) is 0. The average Bonchev–Trinajstić information content (AvgIpc) is 3.29. The number of nitrogens with one attached hydrogen (secondary N) is 1. The molecule has 1 heterocycles. The molecule has 1 atom stereocenters. The van der Waals surface area contributed by atoms with E-state index in [0.717, 1.165) is 42.6 Å². The van der Waals surface area contributed by atoms with E-state index in [-0.39, 0.29) is 18.0 Å². The largest absolute Gasteiger partial charge is 0.344 e. The summed E-state index contributed by atoms with van der Waals surface area (Å²) >= 11 is 6.51. The number of hydrogen-bond donors (Lipinski definition) is 1. The van der Waals surface area contributed by atoms with Gasteiger partial charge in [0.2, 0.25) is 5.91 Å². The van der Waals surface area contributed by atoms with Crippen LogP contribution in [0.15, 0.2) is 84.9 Å². The molecule has 3 aromatic rings. The fourth-order valence-corrected chi connectivity index (χ4v) is 4.31. The van der Waals surface area contributed by atoms with Crippen LogP contribution in [0, 0.1) is 0 Å². The highest BCUT2D eigenvalue weighted by molar-refractivity contribution is 6.31. The number of carbonyl (C=O) groups excluding carboxylic acids is 1. The van der Waals surface area contributed by atoms with Crippen LogP contribution in [0.1, 0.15) is 41.6 Å². The van der Waals surface area contributed by atoms with Gasteiger partial charge in [0.05, 0.1) is 6.04 Å². The Bertz CT molecular complexity index is 900. The Hall–Kier alpha value is -2.62. The van der Waals surface area contributed by atoms with Crippen molar-refractivity contribution in [2.75, 3.05) is 13.1 Å². The molecule has 0 aliphatic carbocycles. The minimum Gasteiger partial charge on any atom is -0.344 e. The summed E-state index contributed by atoms with van der Waals surface area (Å²) in [6.45, 7) is 1.81. The molecule has 0 radical (unpaired) electrons. The van der Waals surface area contributed by atoms with Gasteiger partial charge in [-0.1, -0.05) is 90.5 Å². The fraction of sp³-hybridized carbons (Fsp3) is 0.240. The Balaban J connectivity index is 1.68. The van der Waals surface area contributed by atoms with E-state index in [2.05, 4.69) is 34.5 Å². The van der Waals surface area contributed by atoms with Gasteiger partial charge in [-0.05, 0) is 48.7 Å². The van der Waals surface area contributed by atoms with Gasteiger partial charge in [-0.25, -0.2) is 0 Å². The average molecular weight is 405 g/mol. The molecule has 0 saturated carbocycles. The Morgan fingerprint density at radius 1 is 0.793 bits per heavy atom. The lowest BCUT2D eigenvalue weighted by atomic mass is 9.97. The highest BCUT2D eigenvalue weighted by Crippen LogP contribution is 2.32. The first kappa shape index (κ1) is 19.7. The van der Waals surface area contributed by atoms with Crippen LogP contribution >= 0.6 is 11.6 Å². The monoisotopic (exact) mass is 404 g/mol. The summed E-state index contributed by atoms with van der Waals surface area (Å²) in [6, 6.07) is 27.3. The standard InChI is InChI=1S/C25H25ClN2O/c26-22-16-8-7-15-21(22)24(28-17-9-10-18-28)25(29)27-23(19-11-3-1-4-12-19)20-13-5-2-6-14-20/h1-8,11-16,23-24H,9-10,17-18H2,(H,27,29)/t24-/m1/s1. The van der Waals surface area contributed by atoms with Crippen LogP contribution in [0.5, 0.6) is 0 Å². The van der Waals surface area contributed by atoms with Crippen molar-refractivity contribution in [3.05, 3.63) is 107 Å². The van der Waals surface area contributed by atoms with Crippen LogP contribution in [0.25, 0.3) is 0 Å². The smallest absolute Gasteiger partial charge is 0.242 e. The number of benzene rings is 3. The van der Waals surface area contributed by atoms with Crippen molar-refractivity contribution in [3.63, 3.8) is 0 Å². The molecular weight excluding hydrogens is 380 g/mol. The van der Waals surface area contributed by atoms with Crippen LogP contribution in [-0.4, -0.2) is 23.9 Å². The van der Waals surface area contributed by atoms with E-state index >= 15 is 0 Å². The summed E-state index contributed by atoms with van der Waals surface area (Å²) < 4.78 is 0. The zero-order chi connectivity index (χ0) is 20.1. The molecule has 1 fully saturated rings. The minimum absolute atomic E-state index is 0.0160. The van der Waals surface area contributed by atoms with Crippen LogP contribution in [0.3, 0.4) is 0 Å². The van der Waals surface area contributed by atoms with Crippen molar-refractivity contribution < 1.29 is 4.79 Å². The highest BCUT2D eigenvalue weighted by atomic mass is 35.5. The predicted octanol–water partition coefficient (Wildman–Crippen LogP) is 5.38. The van der Waals surface area contributed by atoms with E-state index in [9.17, 15) is 4.79 Å². The van der Waals surface area contributed by atoms with Crippen molar-refractivity contribution in [2.45, 2.75) is 24.9 Å². The number of likely N-dealkylation sites (tertiary alicyclic amines) is 1. The van der Waals surface area contributed by atoms with Gasteiger partial charge in [-0.3, -0.25) is 9.69 Å². The number of halogens is 1. The number of carbonyl (C=O) groups is 1. The second kappa shape index (κ2) is 9.25. The van der Waals surface area contributed by atoms with Gasteiger partial charge < -0.3 is 5.32 Å². The lowest BCUT2D eigenvalue weighted by Gasteiger charge is -2.30. The highest BCUT2D eigenvalue weighted by Gasteiger charge is 2.32. The van der Waals surface area contributed by atoms with Crippen molar-refractivity contribution in [1.29, 1.82) is 0 Å². The number of rotatable bonds is 6. The molecule has 1 amide bonds. The van der Waals surface area contributed by atoms with E-state index in [0.29, 0.717) is 5.02 Å². The van der Waals surface area contributed by atoms with Gasteiger partial charge in [0.25, 0.3) is 0 Å². The third-order valence-corrected chi connectivity index (χ3v) is 5.85. The van der Waals surface area contributed by atoms with Crippen LogP contribution in [-0.2, 0) is 4.79 Å². The van der Waals surface area contributed by atoms with Crippen molar-refractivity contribution in [3.8, 4) is 0 Å². The van der Waals surface area contributed by atoms with Gasteiger partial charge in [-0.15, -0.1) is 0 Å². The van der Waals surface area contributed by atoms with E-state index in [1.165, 1.54) is 0 Å². The lowest BCUT2D eigenvalue weighted by molar-refractivity contribution is -0.126.